The number of ketones is 2. The topological polar surface area (TPSA) is 34.1 Å². The van der Waals surface area contributed by atoms with Crippen molar-refractivity contribution in [3.05, 3.63) is 43.9 Å². The Hall–Kier alpha value is -0.820. The Kier molecular flexibility index (Phi) is 5.04. The van der Waals surface area contributed by atoms with Crippen molar-refractivity contribution < 1.29 is 9.59 Å². The summed E-state index contributed by atoms with van der Waals surface area (Å²) in [5, 5.41) is 0. The van der Waals surface area contributed by atoms with E-state index in [2.05, 4.69) is 0 Å². The summed E-state index contributed by atoms with van der Waals surface area (Å²) in [5.41, 5.74) is 0.693. The minimum atomic E-state index is 0.00649. The van der Waals surface area contributed by atoms with Gasteiger partial charge in [-0.1, -0.05) is 42.5 Å². The highest BCUT2D eigenvalue weighted by molar-refractivity contribution is 8.02. The normalized spacial score (nSPS) is 10.4. The molecule has 0 fully saturated rings. The van der Waals surface area contributed by atoms with Gasteiger partial charge in [0.15, 0.2) is 11.6 Å². The molecule has 0 aliphatic rings. The average molecular weight is 326 g/mol. The predicted octanol–water partition coefficient (Wildman–Crippen LogP) is 4.72. The Morgan fingerprint density at radius 2 is 1.89 bits per heavy atom. The van der Waals surface area contributed by atoms with Gasteiger partial charge < -0.3 is 0 Å². The molecule has 98 valence electrons. The fourth-order valence-corrected chi connectivity index (χ4v) is 5.60. The molecule has 0 atom stereocenters. The first-order chi connectivity index (χ1) is 9.08. The molecule has 0 bridgehead atoms. The first-order valence-electron chi connectivity index (χ1n) is 5.44. The fourth-order valence-electron chi connectivity index (χ4n) is 1.42. The van der Waals surface area contributed by atoms with Crippen LogP contribution in [0.15, 0.2) is 34.5 Å². The third kappa shape index (κ3) is 3.82. The predicted molar refractivity (Wildman–Crippen MR) is 84.5 cm³/mol. The monoisotopic (exact) mass is 326 g/mol. The van der Waals surface area contributed by atoms with E-state index in [1.807, 2.05) is 18.2 Å². The van der Waals surface area contributed by atoms with Crippen LogP contribution >= 0.6 is 46.7 Å². The minimum Gasteiger partial charge on any atom is -0.294 e. The van der Waals surface area contributed by atoms with Gasteiger partial charge >= 0.3 is 0 Å². The highest BCUT2D eigenvalue weighted by Gasteiger charge is 2.14. The SMILES string of the molecule is CC(=O)c1sc(=S)sc1SCC(=O)c1ccccc1. The Morgan fingerprint density at radius 3 is 2.53 bits per heavy atom. The molecule has 1 aromatic heterocycles. The largest absolute Gasteiger partial charge is 0.294 e. The molecule has 0 saturated carbocycles. The maximum absolute atomic E-state index is 12.0. The Labute approximate surface area is 128 Å². The number of rotatable bonds is 5. The van der Waals surface area contributed by atoms with Crippen LogP contribution in [0.5, 0.6) is 0 Å². The molecule has 1 aromatic carbocycles. The van der Waals surface area contributed by atoms with Crippen molar-refractivity contribution in [1.29, 1.82) is 0 Å². The van der Waals surface area contributed by atoms with Gasteiger partial charge in [0.25, 0.3) is 0 Å². The Morgan fingerprint density at radius 1 is 1.21 bits per heavy atom. The van der Waals surface area contributed by atoms with Gasteiger partial charge in [-0.25, -0.2) is 0 Å². The fraction of sp³-hybridized carbons (Fsp3) is 0.154. The summed E-state index contributed by atoms with van der Waals surface area (Å²) < 4.78 is 1.58. The lowest BCUT2D eigenvalue weighted by molar-refractivity contribution is 0.101. The molecule has 0 aliphatic carbocycles. The number of carbonyl (C=O) groups excluding carboxylic acids is 2. The lowest BCUT2D eigenvalue weighted by Crippen LogP contribution is -2.02. The van der Waals surface area contributed by atoms with Crippen molar-refractivity contribution in [3.8, 4) is 0 Å². The van der Waals surface area contributed by atoms with Crippen molar-refractivity contribution in [2.45, 2.75) is 11.1 Å². The number of hydrogen-bond donors (Lipinski definition) is 0. The van der Waals surface area contributed by atoms with Crippen molar-refractivity contribution in [1.82, 2.24) is 0 Å². The molecule has 0 spiro atoms. The molecule has 0 saturated heterocycles. The van der Waals surface area contributed by atoms with Crippen LogP contribution in [0.2, 0.25) is 0 Å². The molecular formula is C13H10O2S4. The van der Waals surface area contributed by atoms with E-state index in [0.29, 0.717) is 16.2 Å². The van der Waals surface area contributed by atoms with E-state index in [4.69, 9.17) is 12.2 Å². The van der Waals surface area contributed by atoms with Crippen molar-refractivity contribution in [2.24, 2.45) is 0 Å². The van der Waals surface area contributed by atoms with E-state index in [-0.39, 0.29) is 11.6 Å². The van der Waals surface area contributed by atoms with E-state index in [1.54, 1.807) is 12.1 Å². The molecule has 2 rings (SSSR count). The minimum absolute atomic E-state index is 0.00649. The molecule has 0 N–H and O–H groups in total. The first-order valence-corrected chi connectivity index (χ1v) is 8.46. The summed E-state index contributed by atoms with van der Waals surface area (Å²) in [6.07, 6.45) is 0. The van der Waals surface area contributed by atoms with Gasteiger partial charge in [-0.3, -0.25) is 9.59 Å². The van der Waals surface area contributed by atoms with E-state index >= 15 is 0 Å². The van der Waals surface area contributed by atoms with Crippen LogP contribution < -0.4 is 0 Å². The molecule has 0 radical (unpaired) electrons. The van der Waals surface area contributed by atoms with Crippen molar-refractivity contribution in [2.75, 3.05) is 5.75 Å². The standard InChI is InChI=1S/C13H10O2S4/c1-8(14)11-12(19-13(16)18-11)17-7-10(15)9-5-3-2-4-6-9/h2-6H,7H2,1H3. The van der Waals surface area contributed by atoms with Crippen LogP contribution in [-0.4, -0.2) is 17.3 Å². The van der Waals surface area contributed by atoms with E-state index < -0.39 is 0 Å². The van der Waals surface area contributed by atoms with Crippen molar-refractivity contribution in [3.63, 3.8) is 0 Å². The molecule has 19 heavy (non-hydrogen) atoms. The second kappa shape index (κ2) is 6.56. The van der Waals surface area contributed by atoms with Gasteiger partial charge in [0.1, 0.15) is 3.14 Å². The highest BCUT2D eigenvalue weighted by atomic mass is 32.2. The van der Waals surface area contributed by atoms with Crippen LogP contribution in [0.1, 0.15) is 27.0 Å². The maximum atomic E-state index is 12.0. The van der Waals surface area contributed by atoms with Gasteiger partial charge in [-0.05, 0) is 0 Å². The lowest BCUT2D eigenvalue weighted by Gasteiger charge is -2.00. The molecule has 2 nitrogen and oxygen atoms in total. The van der Waals surface area contributed by atoms with E-state index in [9.17, 15) is 9.59 Å². The summed E-state index contributed by atoms with van der Waals surface area (Å²) >= 11 is 9.22. The smallest absolute Gasteiger partial charge is 0.173 e. The number of benzene rings is 1. The molecule has 0 amide bonds. The summed E-state index contributed by atoms with van der Waals surface area (Å²) in [4.78, 5) is 24.1. The summed E-state index contributed by atoms with van der Waals surface area (Å²) in [7, 11) is 0. The second-order valence-corrected chi connectivity index (χ2v) is 8.17. The number of thioether (sulfide) groups is 1. The molecule has 6 heteroatoms. The van der Waals surface area contributed by atoms with Crippen LogP contribution in [0.4, 0.5) is 0 Å². The molecule has 0 aliphatic heterocycles. The zero-order valence-electron chi connectivity index (χ0n) is 10.0. The van der Waals surface area contributed by atoms with Gasteiger partial charge in [0.2, 0.25) is 0 Å². The quantitative estimate of drug-likeness (QED) is 0.452. The van der Waals surface area contributed by atoms with Crippen LogP contribution in [0.25, 0.3) is 0 Å². The molecule has 1 heterocycles. The third-order valence-corrected chi connectivity index (χ3v) is 6.45. The van der Waals surface area contributed by atoms with Crippen LogP contribution in [0, 0.1) is 3.14 Å². The summed E-state index contributed by atoms with van der Waals surface area (Å²) in [6.45, 7) is 1.52. The van der Waals surface area contributed by atoms with Gasteiger partial charge in [0, 0.05) is 12.5 Å². The second-order valence-electron chi connectivity index (χ2n) is 3.70. The molecule has 0 unspecified atom stereocenters. The van der Waals surface area contributed by atoms with E-state index in [1.165, 1.54) is 41.4 Å². The van der Waals surface area contributed by atoms with Gasteiger partial charge in [-0.2, -0.15) is 0 Å². The lowest BCUT2D eigenvalue weighted by atomic mass is 10.2. The van der Waals surface area contributed by atoms with Crippen molar-refractivity contribution >= 4 is 58.2 Å². The highest BCUT2D eigenvalue weighted by Crippen LogP contribution is 2.34. The molecular weight excluding hydrogens is 316 g/mol. The third-order valence-electron chi connectivity index (χ3n) is 2.30. The Bertz CT molecular complexity index is 655. The maximum Gasteiger partial charge on any atom is 0.173 e. The number of hydrogen-bond acceptors (Lipinski definition) is 6. The van der Waals surface area contributed by atoms with Gasteiger partial charge in [-0.15, -0.1) is 34.4 Å². The zero-order valence-corrected chi connectivity index (χ0v) is 13.3. The number of Topliss-reactive ketones (excluding diaryl/α,β-unsaturated/α-hetero) is 2. The van der Waals surface area contributed by atoms with Crippen LogP contribution in [0.3, 0.4) is 0 Å². The molecule has 2 aromatic rings. The van der Waals surface area contributed by atoms with Gasteiger partial charge in [0.05, 0.1) is 14.8 Å². The van der Waals surface area contributed by atoms with Crippen LogP contribution in [-0.2, 0) is 0 Å². The van der Waals surface area contributed by atoms with E-state index in [0.717, 1.165) is 7.35 Å². The Balaban J connectivity index is 2.09. The zero-order chi connectivity index (χ0) is 13.8. The number of carbonyl (C=O) groups is 2. The summed E-state index contributed by atoms with van der Waals surface area (Å²) in [5.74, 6) is 0.392. The average Bonchev–Trinajstić information content (AvgIpc) is 2.78. The first kappa shape index (κ1) is 14.6. The summed E-state index contributed by atoms with van der Waals surface area (Å²) in [6, 6.07) is 9.15.